The van der Waals surface area contributed by atoms with Crippen molar-refractivity contribution >= 4 is 41.0 Å². The highest BCUT2D eigenvalue weighted by Crippen LogP contribution is 2.31. The molecule has 0 radical (unpaired) electrons. The SMILES string of the molecule is CC(C)(C)c1nc(Cc2ccccc2)c(OC(=O)OCC(Cl)(Cl)Cl)o1. The summed E-state index contributed by atoms with van der Waals surface area (Å²) in [6.45, 7) is 5.38. The number of hydrogen-bond donors (Lipinski definition) is 0. The molecule has 0 aliphatic rings. The predicted molar refractivity (Wildman–Crippen MR) is 96.7 cm³/mol. The molecule has 0 saturated carbocycles. The van der Waals surface area contributed by atoms with Crippen LogP contribution in [0.5, 0.6) is 5.95 Å². The molecule has 0 spiro atoms. The lowest BCUT2D eigenvalue weighted by Gasteiger charge is -2.12. The predicted octanol–water partition coefficient (Wildman–Crippen LogP) is 5.45. The topological polar surface area (TPSA) is 61.6 Å². The van der Waals surface area contributed by atoms with E-state index >= 15 is 0 Å². The van der Waals surface area contributed by atoms with Crippen LogP contribution in [0.2, 0.25) is 0 Å². The van der Waals surface area contributed by atoms with Gasteiger partial charge in [0.25, 0.3) is 0 Å². The number of nitrogens with zero attached hydrogens (tertiary/aromatic N) is 1. The molecule has 0 aliphatic carbocycles. The fourth-order valence-corrected chi connectivity index (χ4v) is 2.05. The summed E-state index contributed by atoms with van der Waals surface area (Å²) in [5.41, 5.74) is 1.13. The maximum absolute atomic E-state index is 11.8. The zero-order chi connectivity index (χ0) is 18.7. The van der Waals surface area contributed by atoms with Crippen LogP contribution in [0.1, 0.15) is 37.9 Å². The van der Waals surface area contributed by atoms with Crippen LogP contribution >= 0.6 is 34.8 Å². The number of rotatable bonds is 4. The third-order valence-corrected chi connectivity index (χ3v) is 3.37. The molecule has 0 saturated heterocycles. The summed E-state index contributed by atoms with van der Waals surface area (Å²) >= 11 is 16.6. The van der Waals surface area contributed by atoms with Gasteiger partial charge in [-0.2, -0.15) is 0 Å². The molecule has 1 aromatic heterocycles. The molecule has 25 heavy (non-hydrogen) atoms. The standard InChI is InChI=1S/C17H18Cl3NO4/c1-16(2,3)14-21-12(9-11-7-5-4-6-8-11)13(24-14)25-15(22)23-10-17(18,19)20/h4-8H,9-10H2,1-3H3. The van der Waals surface area contributed by atoms with Gasteiger partial charge in [0.2, 0.25) is 9.68 Å². The first-order valence-electron chi connectivity index (χ1n) is 7.50. The van der Waals surface area contributed by atoms with E-state index in [2.05, 4.69) is 4.98 Å². The smallest absolute Gasteiger partial charge is 0.429 e. The number of carbonyl (C=O) groups excluding carboxylic acids is 1. The summed E-state index contributed by atoms with van der Waals surface area (Å²) in [5.74, 6) is 0.422. The van der Waals surface area contributed by atoms with Gasteiger partial charge in [-0.15, -0.1) is 0 Å². The summed E-state index contributed by atoms with van der Waals surface area (Å²) in [6.07, 6.45) is -0.592. The minimum atomic E-state index is -1.72. The van der Waals surface area contributed by atoms with Crippen molar-refractivity contribution in [3.8, 4) is 5.95 Å². The Morgan fingerprint density at radius 1 is 1.16 bits per heavy atom. The van der Waals surface area contributed by atoms with E-state index in [1.54, 1.807) is 0 Å². The van der Waals surface area contributed by atoms with Crippen LogP contribution in [0.25, 0.3) is 0 Å². The van der Waals surface area contributed by atoms with E-state index in [9.17, 15) is 4.79 Å². The molecule has 2 aromatic rings. The Bertz CT molecular complexity index is 718. The van der Waals surface area contributed by atoms with E-state index in [4.69, 9.17) is 48.7 Å². The van der Waals surface area contributed by atoms with Gasteiger partial charge in [-0.25, -0.2) is 9.78 Å². The molecule has 2 rings (SSSR count). The first-order valence-corrected chi connectivity index (χ1v) is 8.63. The van der Waals surface area contributed by atoms with Gasteiger partial charge >= 0.3 is 12.1 Å². The summed E-state index contributed by atoms with van der Waals surface area (Å²) in [5, 5.41) is 0. The number of ether oxygens (including phenoxy) is 2. The highest BCUT2D eigenvalue weighted by Gasteiger charge is 2.28. The van der Waals surface area contributed by atoms with Crippen molar-refractivity contribution in [2.24, 2.45) is 0 Å². The van der Waals surface area contributed by atoms with Crippen LogP contribution in [0.3, 0.4) is 0 Å². The summed E-state index contributed by atoms with van der Waals surface area (Å²) in [7, 11) is 0. The Hall–Kier alpha value is -1.43. The first-order chi connectivity index (χ1) is 11.5. The second-order valence-electron chi connectivity index (χ2n) is 6.42. The van der Waals surface area contributed by atoms with Crippen LogP contribution < -0.4 is 4.74 Å². The Morgan fingerprint density at radius 2 is 1.80 bits per heavy atom. The van der Waals surface area contributed by atoms with Crippen LogP contribution in [0.15, 0.2) is 34.7 Å². The molecule has 5 nitrogen and oxygen atoms in total. The van der Waals surface area contributed by atoms with Crippen LogP contribution in [0.4, 0.5) is 4.79 Å². The van der Waals surface area contributed by atoms with Crippen molar-refractivity contribution in [3.63, 3.8) is 0 Å². The average Bonchev–Trinajstić information content (AvgIpc) is 2.88. The van der Waals surface area contributed by atoms with Crippen molar-refractivity contribution < 1.29 is 18.7 Å². The quantitative estimate of drug-likeness (QED) is 0.499. The highest BCUT2D eigenvalue weighted by atomic mass is 35.6. The monoisotopic (exact) mass is 405 g/mol. The number of hydrogen-bond acceptors (Lipinski definition) is 5. The molecule has 0 aliphatic heterocycles. The lowest BCUT2D eigenvalue weighted by atomic mass is 9.97. The molecular formula is C17H18Cl3NO4. The number of aromatic nitrogens is 1. The van der Waals surface area contributed by atoms with E-state index in [0.29, 0.717) is 18.0 Å². The van der Waals surface area contributed by atoms with Crippen molar-refractivity contribution in [3.05, 3.63) is 47.5 Å². The Balaban J connectivity index is 2.20. The maximum atomic E-state index is 11.8. The zero-order valence-corrected chi connectivity index (χ0v) is 16.3. The molecule has 8 heteroatoms. The first kappa shape index (κ1) is 19.9. The number of halogens is 3. The average molecular weight is 407 g/mol. The van der Waals surface area contributed by atoms with Gasteiger partial charge in [0.05, 0.1) is 0 Å². The highest BCUT2D eigenvalue weighted by molar-refractivity contribution is 6.67. The van der Waals surface area contributed by atoms with E-state index in [1.807, 2.05) is 51.1 Å². The molecule has 0 fully saturated rings. The number of benzene rings is 1. The van der Waals surface area contributed by atoms with Gasteiger partial charge < -0.3 is 13.9 Å². The summed E-state index contributed by atoms with van der Waals surface area (Å²) in [6, 6.07) is 9.62. The Labute approximate surface area is 161 Å². The Kier molecular flexibility index (Phi) is 6.25. The minimum absolute atomic E-state index is 0.0249. The van der Waals surface area contributed by atoms with E-state index in [0.717, 1.165) is 5.56 Å². The minimum Gasteiger partial charge on any atom is -0.429 e. The summed E-state index contributed by atoms with van der Waals surface area (Å²) < 4.78 is 13.8. The van der Waals surface area contributed by atoms with E-state index < -0.39 is 16.6 Å². The molecular weight excluding hydrogens is 389 g/mol. The van der Waals surface area contributed by atoms with Gasteiger partial charge in [0, 0.05) is 11.8 Å². The van der Waals surface area contributed by atoms with Crippen molar-refractivity contribution in [1.82, 2.24) is 4.98 Å². The van der Waals surface area contributed by atoms with Gasteiger partial charge in [0.1, 0.15) is 12.3 Å². The lowest BCUT2D eigenvalue weighted by Crippen LogP contribution is -2.19. The van der Waals surface area contributed by atoms with E-state index in [1.165, 1.54) is 0 Å². The molecule has 0 unspecified atom stereocenters. The van der Waals surface area contributed by atoms with E-state index in [-0.39, 0.29) is 11.4 Å². The van der Waals surface area contributed by atoms with Gasteiger partial charge in [-0.05, 0) is 5.56 Å². The molecule has 0 N–H and O–H groups in total. The van der Waals surface area contributed by atoms with Crippen molar-refractivity contribution in [2.45, 2.75) is 36.4 Å². The number of carbonyl (C=O) groups is 1. The summed E-state index contributed by atoms with van der Waals surface area (Å²) in [4.78, 5) is 16.3. The molecule has 1 aromatic carbocycles. The maximum Gasteiger partial charge on any atom is 0.516 e. The van der Waals surface area contributed by atoms with Crippen LogP contribution in [-0.4, -0.2) is 21.5 Å². The zero-order valence-electron chi connectivity index (χ0n) is 14.0. The second-order valence-corrected chi connectivity index (χ2v) is 8.94. The van der Waals surface area contributed by atoms with Gasteiger partial charge in [-0.3, -0.25) is 0 Å². The third kappa shape index (κ3) is 6.42. The second kappa shape index (κ2) is 7.85. The van der Waals surface area contributed by atoms with Crippen LogP contribution in [-0.2, 0) is 16.6 Å². The van der Waals surface area contributed by atoms with Crippen molar-refractivity contribution in [1.29, 1.82) is 0 Å². The number of alkyl halides is 3. The largest absolute Gasteiger partial charge is 0.516 e. The van der Waals surface area contributed by atoms with Gasteiger partial charge in [0.15, 0.2) is 0 Å². The number of oxazole rings is 1. The lowest BCUT2D eigenvalue weighted by molar-refractivity contribution is 0.0901. The normalized spacial score (nSPS) is 12.1. The molecule has 0 amide bonds. The third-order valence-electron chi connectivity index (χ3n) is 3.05. The molecule has 1 heterocycles. The molecule has 0 bridgehead atoms. The van der Waals surface area contributed by atoms with Crippen molar-refractivity contribution in [2.75, 3.05) is 6.61 Å². The fraction of sp³-hybridized carbons (Fsp3) is 0.412. The van der Waals surface area contributed by atoms with Gasteiger partial charge in [-0.1, -0.05) is 85.9 Å². The van der Waals surface area contributed by atoms with Crippen LogP contribution in [0, 0.1) is 0 Å². The molecule has 0 atom stereocenters. The molecule has 136 valence electrons. The fourth-order valence-electron chi connectivity index (χ4n) is 1.89. The Morgan fingerprint density at radius 3 is 2.36 bits per heavy atom.